The highest BCUT2D eigenvalue weighted by atomic mass is 16.2. The highest BCUT2D eigenvalue weighted by Gasteiger charge is 2.63. The molecule has 2 atom stereocenters. The third-order valence-electron chi connectivity index (χ3n) is 9.38. The Labute approximate surface area is 226 Å². The van der Waals surface area contributed by atoms with E-state index in [-0.39, 0.29) is 17.4 Å². The van der Waals surface area contributed by atoms with Gasteiger partial charge in [-0.15, -0.1) is 0 Å². The van der Waals surface area contributed by atoms with Crippen LogP contribution in [0.15, 0.2) is 48.7 Å². The van der Waals surface area contributed by atoms with Crippen LogP contribution in [0.5, 0.6) is 0 Å². The van der Waals surface area contributed by atoms with Crippen LogP contribution >= 0.6 is 0 Å². The van der Waals surface area contributed by atoms with Crippen molar-refractivity contribution in [3.63, 3.8) is 0 Å². The molecule has 0 bridgehead atoms. The van der Waals surface area contributed by atoms with Crippen LogP contribution in [0.3, 0.4) is 0 Å². The topological polar surface area (TPSA) is 97.1 Å². The van der Waals surface area contributed by atoms with Gasteiger partial charge in [0.15, 0.2) is 0 Å². The zero-order valence-corrected chi connectivity index (χ0v) is 21.9. The van der Waals surface area contributed by atoms with Gasteiger partial charge in [0.05, 0.1) is 16.8 Å². The molecule has 1 spiro atoms. The van der Waals surface area contributed by atoms with Crippen molar-refractivity contribution in [1.82, 2.24) is 30.1 Å². The number of benzene rings is 1. The van der Waals surface area contributed by atoms with Gasteiger partial charge in [0.1, 0.15) is 5.69 Å². The summed E-state index contributed by atoms with van der Waals surface area (Å²) in [5.74, 6) is 0.108. The first-order valence-corrected chi connectivity index (χ1v) is 14.2. The van der Waals surface area contributed by atoms with Crippen molar-refractivity contribution in [3.8, 4) is 22.5 Å². The van der Waals surface area contributed by atoms with Gasteiger partial charge >= 0.3 is 0 Å². The Hall–Kier alpha value is -3.91. The maximum absolute atomic E-state index is 13.7. The lowest BCUT2D eigenvalue weighted by atomic mass is 10.1. The van der Waals surface area contributed by atoms with Crippen molar-refractivity contribution in [2.75, 3.05) is 26.2 Å². The lowest BCUT2D eigenvalue weighted by molar-refractivity contribution is 0.0683. The predicted octanol–water partition coefficient (Wildman–Crippen LogP) is 4.35. The van der Waals surface area contributed by atoms with E-state index in [1.165, 1.54) is 25.9 Å². The minimum absolute atomic E-state index is 0.0237. The van der Waals surface area contributed by atoms with Crippen LogP contribution in [0.1, 0.15) is 58.6 Å². The van der Waals surface area contributed by atoms with E-state index in [1.54, 1.807) is 6.20 Å². The standard InChI is InChI=1S/C31H32N6O2/c38-29-22-17-26(35-24(22)7-10-33-29)20-6-9-32-25(15-20)19-4-5-23-21(14-19)16-27(34-23)30(39)37-13-3-8-31(37)18-28(31)36-11-1-2-12-36/h4-6,9,14-17,28,34-35H,1-3,7-8,10-13,18H2,(H,33,38)/t28?,31-/m1/s1. The fourth-order valence-electron chi connectivity index (χ4n) is 7.32. The maximum Gasteiger partial charge on any atom is 0.270 e. The summed E-state index contributed by atoms with van der Waals surface area (Å²) in [6, 6.07) is 14.7. The van der Waals surface area contributed by atoms with Gasteiger partial charge in [0.25, 0.3) is 11.8 Å². The summed E-state index contributed by atoms with van der Waals surface area (Å²) in [7, 11) is 0. The molecule has 1 aliphatic carbocycles. The van der Waals surface area contributed by atoms with E-state index in [4.69, 9.17) is 0 Å². The Bertz CT molecular complexity index is 1630. The number of likely N-dealkylation sites (tertiary alicyclic amines) is 2. The first-order chi connectivity index (χ1) is 19.1. The maximum atomic E-state index is 13.7. The van der Waals surface area contributed by atoms with E-state index in [9.17, 15) is 9.59 Å². The van der Waals surface area contributed by atoms with Gasteiger partial charge in [-0.2, -0.15) is 0 Å². The lowest BCUT2D eigenvalue weighted by Crippen LogP contribution is -2.43. The Morgan fingerprint density at radius 1 is 0.974 bits per heavy atom. The van der Waals surface area contributed by atoms with Gasteiger partial charge in [-0.25, -0.2) is 0 Å². The van der Waals surface area contributed by atoms with Crippen molar-refractivity contribution in [1.29, 1.82) is 0 Å². The van der Waals surface area contributed by atoms with Gasteiger partial charge in [0, 0.05) is 65.2 Å². The molecule has 3 fully saturated rings. The summed E-state index contributed by atoms with van der Waals surface area (Å²) in [5, 5.41) is 3.91. The van der Waals surface area contributed by atoms with Gasteiger partial charge < -0.3 is 20.2 Å². The number of nitrogens with one attached hydrogen (secondary N) is 3. The number of hydrogen-bond donors (Lipinski definition) is 3. The first-order valence-electron chi connectivity index (χ1n) is 14.2. The monoisotopic (exact) mass is 520 g/mol. The first kappa shape index (κ1) is 23.0. The molecule has 198 valence electrons. The minimum atomic E-state index is -0.0237. The number of nitrogens with zero attached hydrogens (tertiary/aromatic N) is 3. The SMILES string of the molecule is O=C1NCCc2[nH]c(-c3ccnc(-c4ccc5[nH]c(C(=O)N6CCC[C@]67CC7N6CCCC6)cc5c4)c3)cc21. The molecule has 3 aliphatic heterocycles. The van der Waals surface area contributed by atoms with Gasteiger partial charge in [-0.3, -0.25) is 19.5 Å². The molecule has 1 saturated carbocycles. The molecular formula is C31H32N6O2. The van der Waals surface area contributed by atoms with Crippen LogP contribution in [-0.4, -0.2) is 74.3 Å². The smallest absolute Gasteiger partial charge is 0.270 e. The molecule has 0 radical (unpaired) electrons. The third kappa shape index (κ3) is 3.65. The second-order valence-corrected chi connectivity index (χ2v) is 11.6. The molecule has 4 aliphatic rings. The highest BCUT2D eigenvalue weighted by molar-refractivity contribution is 6.00. The molecule has 1 unspecified atom stereocenters. The molecule has 4 aromatic rings. The number of hydrogen-bond acceptors (Lipinski definition) is 4. The van der Waals surface area contributed by atoms with Crippen molar-refractivity contribution in [3.05, 3.63) is 65.6 Å². The minimum Gasteiger partial charge on any atom is -0.358 e. The molecule has 39 heavy (non-hydrogen) atoms. The summed E-state index contributed by atoms with van der Waals surface area (Å²) >= 11 is 0. The molecule has 8 rings (SSSR count). The van der Waals surface area contributed by atoms with Crippen molar-refractivity contribution < 1.29 is 9.59 Å². The van der Waals surface area contributed by atoms with Crippen molar-refractivity contribution >= 4 is 22.7 Å². The molecule has 2 amide bonds. The predicted molar refractivity (Wildman–Crippen MR) is 150 cm³/mol. The number of amides is 2. The summed E-state index contributed by atoms with van der Waals surface area (Å²) in [6.45, 7) is 3.87. The molecule has 3 aromatic heterocycles. The number of aromatic amines is 2. The second kappa shape index (κ2) is 8.55. The number of H-pyrrole nitrogens is 2. The number of pyridine rings is 1. The Balaban J connectivity index is 1.07. The molecule has 1 aromatic carbocycles. The second-order valence-electron chi connectivity index (χ2n) is 11.6. The highest BCUT2D eigenvalue weighted by Crippen LogP contribution is 2.53. The van der Waals surface area contributed by atoms with Crippen LogP contribution in [0.4, 0.5) is 0 Å². The Morgan fingerprint density at radius 2 is 1.87 bits per heavy atom. The average Bonchev–Trinajstić information content (AvgIpc) is 3.52. The van der Waals surface area contributed by atoms with Crippen LogP contribution in [0, 0.1) is 0 Å². The van der Waals surface area contributed by atoms with E-state index >= 15 is 0 Å². The molecular weight excluding hydrogens is 488 g/mol. The van der Waals surface area contributed by atoms with Crippen molar-refractivity contribution in [2.24, 2.45) is 0 Å². The van der Waals surface area contributed by atoms with Gasteiger partial charge in [-0.05, 0) is 81.6 Å². The quantitative estimate of drug-likeness (QED) is 0.373. The van der Waals surface area contributed by atoms with Crippen LogP contribution in [0.25, 0.3) is 33.4 Å². The van der Waals surface area contributed by atoms with E-state index in [0.717, 1.165) is 76.9 Å². The van der Waals surface area contributed by atoms with Gasteiger partial charge in [0.2, 0.25) is 0 Å². The van der Waals surface area contributed by atoms with Gasteiger partial charge in [-0.1, -0.05) is 6.07 Å². The number of rotatable bonds is 4. The normalized spacial score (nSPS) is 24.5. The zero-order chi connectivity index (χ0) is 26.1. The largest absolute Gasteiger partial charge is 0.358 e. The third-order valence-corrected chi connectivity index (χ3v) is 9.38. The molecule has 2 saturated heterocycles. The summed E-state index contributed by atoms with van der Waals surface area (Å²) in [4.78, 5) is 42.2. The summed E-state index contributed by atoms with van der Waals surface area (Å²) < 4.78 is 0. The Kier molecular flexibility index (Phi) is 5.04. The molecule has 3 N–H and O–H groups in total. The van der Waals surface area contributed by atoms with Crippen molar-refractivity contribution in [2.45, 2.75) is 50.1 Å². The fraction of sp³-hybridized carbons (Fsp3) is 0.387. The molecule has 8 nitrogen and oxygen atoms in total. The van der Waals surface area contributed by atoms with E-state index in [2.05, 4.69) is 42.2 Å². The Morgan fingerprint density at radius 3 is 2.74 bits per heavy atom. The average molecular weight is 521 g/mol. The van der Waals surface area contributed by atoms with E-state index in [0.29, 0.717) is 18.3 Å². The number of carbonyl (C=O) groups excluding carboxylic acids is 2. The number of carbonyl (C=O) groups is 2. The van der Waals surface area contributed by atoms with Crippen LogP contribution in [0.2, 0.25) is 0 Å². The lowest BCUT2D eigenvalue weighted by Gasteiger charge is -2.28. The summed E-state index contributed by atoms with van der Waals surface area (Å²) in [5.41, 5.74) is 7.14. The number of aromatic nitrogens is 3. The molecule has 6 heterocycles. The number of fused-ring (bicyclic) bond motifs is 2. The van der Waals surface area contributed by atoms with E-state index in [1.807, 2.05) is 30.3 Å². The van der Waals surface area contributed by atoms with Crippen LogP contribution in [-0.2, 0) is 6.42 Å². The summed E-state index contributed by atoms with van der Waals surface area (Å²) in [6.07, 6.45) is 8.53. The molecule has 8 heteroatoms. The zero-order valence-electron chi connectivity index (χ0n) is 21.9. The van der Waals surface area contributed by atoms with E-state index < -0.39 is 0 Å². The fourth-order valence-corrected chi connectivity index (χ4v) is 7.32. The van der Waals surface area contributed by atoms with Crippen LogP contribution < -0.4 is 5.32 Å².